The van der Waals surface area contributed by atoms with Crippen molar-refractivity contribution in [1.82, 2.24) is 5.32 Å². The minimum atomic E-state index is -4.08. The van der Waals surface area contributed by atoms with Crippen molar-refractivity contribution in [3.8, 4) is 0 Å². The monoisotopic (exact) mass is 295 g/mol. The van der Waals surface area contributed by atoms with E-state index in [1.165, 1.54) is 9.75 Å². The number of rotatable bonds is 8. The summed E-state index contributed by atoms with van der Waals surface area (Å²) in [4.78, 5) is 2.40. The van der Waals surface area contributed by atoms with Crippen molar-refractivity contribution in [3.05, 3.63) is 21.4 Å². The van der Waals surface area contributed by atoms with Crippen molar-refractivity contribution in [2.75, 3.05) is 13.2 Å². The SMILES string of the molecule is CCNCc1cc(COCCCC(F)(F)F)c(C)s1. The van der Waals surface area contributed by atoms with Crippen molar-refractivity contribution >= 4 is 11.3 Å². The Morgan fingerprint density at radius 2 is 2.11 bits per heavy atom. The van der Waals surface area contributed by atoms with E-state index >= 15 is 0 Å². The third-order valence-corrected chi connectivity index (χ3v) is 3.72. The second kappa shape index (κ2) is 7.87. The van der Waals surface area contributed by atoms with E-state index in [4.69, 9.17) is 4.74 Å². The lowest BCUT2D eigenvalue weighted by Gasteiger charge is -2.06. The molecule has 0 aliphatic carbocycles. The second-order valence-corrected chi connectivity index (χ2v) is 5.69. The van der Waals surface area contributed by atoms with E-state index in [-0.39, 0.29) is 13.0 Å². The highest BCUT2D eigenvalue weighted by atomic mass is 32.1. The van der Waals surface area contributed by atoms with Crippen LogP contribution in [0.1, 0.15) is 35.1 Å². The zero-order valence-corrected chi connectivity index (χ0v) is 12.1. The van der Waals surface area contributed by atoms with Crippen LogP contribution in [-0.4, -0.2) is 19.3 Å². The van der Waals surface area contributed by atoms with Gasteiger partial charge in [0.05, 0.1) is 6.61 Å². The summed E-state index contributed by atoms with van der Waals surface area (Å²) in [5.74, 6) is 0. The number of aryl methyl sites for hydroxylation is 1. The first-order valence-corrected chi connectivity index (χ1v) is 7.17. The Balaban J connectivity index is 2.27. The summed E-state index contributed by atoms with van der Waals surface area (Å²) in [7, 11) is 0. The van der Waals surface area contributed by atoms with Crippen LogP contribution >= 0.6 is 11.3 Å². The Labute approximate surface area is 116 Å². The molecule has 0 aliphatic heterocycles. The van der Waals surface area contributed by atoms with Gasteiger partial charge in [0.15, 0.2) is 0 Å². The zero-order chi connectivity index (χ0) is 14.3. The summed E-state index contributed by atoms with van der Waals surface area (Å²) < 4.78 is 41.1. The third kappa shape index (κ3) is 6.94. The summed E-state index contributed by atoms with van der Waals surface area (Å²) in [5.41, 5.74) is 1.07. The molecule has 1 N–H and O–H groups in total. The van der Waals surface area contributed by atoms with Crippen molar-refractivity contribution in [2.24, 2.45) is 0 Å². The first-order valence-electron chi connectivity index (χ1n) is 6.35. The molecule has 6 heteroatoms. The maximum absolute atomic E-state index is 11.9. The predicted octanol–water partition coefficient (Wildman–Crippen LogP) is 4.03. The van der Waals surface area contributed by atoms with E-state index in [1.807, 2.05) is 13.8 Å². The number of ether oxygens (including phenoxy) is 1. The van der Waals surface area contributed by atoms with Crippen molar-refractivity contribution < 1.29 is 17.9 Å². The molecule has 2 nitrogen and oxygen atoms in total. The van der Waals surface area contributed by atoms with Crippen LogP contribution in [0.5, 0.6) is 0 Å². The van der Waals surface area contributed by atoms with Gasteiger partial charge < -0.3 is 10.1 Å². The van der Waals surface area contributed by atoms with Gasteiger partial charge in [0.1, 0.15) is 0 Å². The topological polar surface area (TPSA) is 21.3 Å². The molecule has 0 aromatic carbocycles. The van der Waals surface area contributed by atoms with Gasteiger partial charge in [-0.2, -0.15) is 13.2 Å². The highest BCUT2D eigenvalue weighted by molar-refractivity contribution is 7.12. The molecule has 0 bridgehead atoms. The van der Waals surface area contributed by atoms with Crippen molar-refractivity contribution in [1.29, 1.82) is 0 Å². The average Bonchev–Trinajstić information content (AvgIpc) is 2.66. The fourth-order valence-electron chi connectivity index (χ4n) is 1.62. The molecule has 0 saturated heterocycles. The van der Waals surface area contributed by atoms with E-state index in [9.17, 15) is 13.2 Å². The van der Waals surface area contributed by atoms with Gasteiger partial charge in [-0.3, -0.25) is 0 Å². The number of hydrogen-bond donors (Lipinski definition) is 1. The first-order chi connectivity index (χ1) is 8.92. The molecule has 1 rings (SSSR count). The molecule has 0 saturated carbocycles. The van der Waals surface area contributed by atoms with Gasteiger partial charge in [-0.25, -0.2) is 0 Å². The Bertz CT molecular complexity index is 376. The fourth-order valence-corrected chi connectivity index (χ4v) is 2.64. The van der Waals surface area contributed by atoms with E-state index in [0.717, 1.165) is 18.7 Å². The van der Waals surface area contributed by atoms with Crippen molar-refractivity contribution in [3.63, 3.8) is 0 Å². The van der Waals surface area contributed by atoms with E-state index in [2.05, 4.69) is 11.4 Å². The fraction of sp³-hybridized carbons (Fsp3) is 0.692. The molecule has 0 aliphatic rings. The van der Waals surface area contributed by atoms with Gasteiger partial charge in [0.2, 0.25) is 0 Å². The normalized spacial score (nSPS) is 12.1. The Morgan fingerprint density at radius 3 is 2.74 bits per heavy atom. The van der Waals surface area contributed by atoms with Crippen LogP contribution in [0.2, 0.25) is 0 Å². The van der Waals surface area contributed by atoms with E-state index in [1.54, 1.807) is 11.3 Å². The molecule has 1 aromatic heterocycles. The molecule has 0 spiro atoms. The quantitative estimate of drug-likeness (QED) is 0.731. The van der Waals surface area contributed by atoms with Gasteiger partial charge in [-0.15, -0.1) is 11.3 Å². The molecule has 0 radical (unpaired) electrons. The lowest BCUT2D eigenvalue weighted by atomic mass is 10.2. The second-order valence-electron chi connectivity index (χ2n) is 4.35. The van der Waals surface area contributed by atoms with Crippen LogP contribution in [0, 0.1) is 6.92 Å². The van der Waals surface area contributed by atoms with Crippen LogP contribution in [0.3, 0.4) is 0 Å². The molecule has 1 heterocycles. The third-order valence-electron chi connectivity index (χ3n) is 2.63. The molecule has 19 heavy (non-hydrogen) atoms. The molecule has 1 aromatic rings. The highest BCUT2D eigenvalue weighted by Crippen LogP contribution is 2.23. The van der Waals surface area contributed by atoms with Gasteiger partial charge in [-0.05, 0) is 31.5 Å². The minimum Gasteiger partial charge on any atom is -0.377 e. The van der Waals surface area contributed by atoms with Gasteiger partial charge in [-0.1, -0.05) is 6.92 Å². The largest absolute Gasteiger partial charge is 0.389 e. The van der Waals surface area contributed by atoms with Crippen LogP contribution in [0.4, 0.5) is 13.2 Å². The van der Waals surface area contributed by atoms with E-state index < -0.39 is 12.6 Å². The summed E-state index contributed by atoms with van der Waals surface area (Å²) >= 11 is 1.70. The summed E-state index contributed by atoms with van der Waals surface area (Å²) in [6.45, 7) is 6.35. The lowest BCUT2D eigenvalue weighted by Crippen LogP contribution is -2.10. The number of hydrogen-bond acceptors (Lipinski definition) is 3. The molecule has 0 amide bonds. The standard InChI is InChI=1S/C13H20F3NOS/c1-3-17-8-12-7-11(10(2)19-12)9-18-6-4-5-13(14,15)16/h7,17H,3-6,8-9H2,1-2H3. The molecule has 0 atom stereocenters. The first kappa shape index (κ1) is 16.5. The number of nitrogens with one attached hydrogen (secondary N) is 1. The van der Waals surface area contributed by atoms with E-state index in [0.29, 0.717) is 6.61 Å². The maximum atomic E-state index is 11.9. The predicted molar refractivity (Wildman–Crippen MR) is 71.4 cm³/mol. The van der Waals surface area contributed by atoms with Crippen molar-refractivity contribution in [2.45, 2.75) is 46.0 Å². The number of halogens is 3. The molecule has 0 unspecified atom stereocenters. The van der Waals surface area contributed by atoms with Crippen LogP contribution in [0.25, 0.3) is 0 Å². The Kier molecular flexibility index (Phi) is 6.82. The number of alkyl halides is 3. The number of thiophene rings is 1. The Hall–Kier alpha value is -0.590. The Morgan fingerprint density at radius 1 is 1.37 bits per heavy atom. The molecule has 0 fully saturated rings. The van der Waals surface area contributed by atoms with Crippen LogP contribution in [0.15, 0.2) is 6.07 Å². The van der Waals surface area contributed by atoms with Gasteiger partial charge in [0.25, 0.3) is 0 Å². The molecular weight excluding hydrogens is 275 g/mol. The van der Waals surface area contributed by atoms with Crippen LogP contribution in [-0.2, 0) is 17.9 Å². The zero-order valence-electron chi connectivity index (χ0n) is 11.3. The average molecular weight is 295 g/mol. The molecular formula is C13H20F3NOS. The molecule has 110 valence electrons. The summed E-state index contributed by atoms with van der Waals surface area (Å²) in [6, 6.07) is 2.06. The smallest absolute Gasteiger partial charge is 0.377 e. The van der Waals surface area contributed by atoms with Gasteiger partial charge in [0, 0.05) is 29.3 Å². The summed E-state index contributed by atoms with van der Waals surface area (Å²) in [5, 5.41) is 3.24. The lowest BCUT2D eigenvalue weighted by molar-refractivity contribution is -0.138. The maximum Gasteiger partial charge on any atom is 0.389 e. The highest BCUT2D eigenvalue weighted by Gasteiger charge is 2.25. The van der Waals surface area contributed by atoms with Crippen LogP contribution < -0.4 is 5.32 Å². The van der Waals surface area contributed by atoms with Gasteiger partial charge >= 0.3 is 6.18 Å². The minimum absolute atomic E-state index is 0.0247. The summed E-state index contributed by atoms with van der Waals surface area (Å²) in [6.07, 6.45) is -4.83.